The maximum atomic E-state index is 12.1. The first-order chi connectivity index (χ1) is 11.2. The van der Waals surface area contributed by atoms with Crippen LogP contribution in [0.25, 0.3) is 0 Å². The number of carbonyl (C=O) groups is 3. The summed E-state index contributed by atoms with van der Waals surface area (Å²) >= 11 is 0. The van der Waals surface area contributed by atoms with Crippen LogP contribution in [0.5, 0.6) is 0 Å². The molecule has 1 aromatic carbocycles. The third-order valence-corrected chi connectivity index (χ3v) is 2.64. The van der Waals surface area contributed by atoms with Crippen LogP contribution in [0.4, 0.5) is 4.79 Å². The van der Waals surface area contributed by atoms with Gasteiger partial charge in [-0.05, 0) is 33.3 Å². The Morgan fingerprint density at radius 3 is 2.21 bits per heavy atom. The summed E-state index contributed by atoms with van der Waals surface area (Å²) in [6, 6.07) is 7.43. The molecule has 0 heterocycles. The molecule has 0 saturated carbocycles. The van der Waals surface area contributed by atoms with Gasteiger partial charge in [-0.3, -0.25) is 5.32 Å². The molecule has 0 bridgehead atoms. The summed E-state index contributed by atoms with van der Waals surface area (Å²) in [5, 5.41) is 2.18. The highest BCUT2D eigenvalue weighted by Crippen LogP contribution is 2.09. The molecule has 0 radical (unpaired) electrons. The summed E-state index contributed by atoms with van der Waals surface area (Å²) in [6.07, 6.45) is -0.914. The van der Waals surface area contributed by atoms with Crippen LogP contribution in [-0.4, -0.2) is 36.3 Å². The van der Waals surface area contributed by atoms with E-state index < -0.39 is 29.7 Å². The van der Waals surface area contributed by atoms with Crippen molar-refractivity contribution in [2.45, 2.75) is 45.9 Å². The number of carbonyl (C=O) groups excluding carboxylic acids is 3. The van der Waals surface area contributed by atoms with Gasteiger partial charge >= 0.3 is 18.0 Å². The molecule has 1 amide bonds. The number of hydrogen-bond acceptors (Lipinski definition) is 6. The molecule has 0 aliphatic carbocycles. The van der Waals surface area contributed by atoms with Crippen molar-refractivity contribution >= 4 is 18.0 Å². The predicted octanol–water partition coefficient (Wildman–Crippen LogP) is 2.19. The normalized spacial score (nSPS) is 12.0. The molecule has 0 aliphatic heterocycles. The summed E-state index contributed by atoms with van der Waals surface area (Å²) in [4.78, 5) is 35.8. The van der Waals surface area contributed by atoms with Crippen LogP contribution in [0.2, 0.25) is 0 Å². The van der Waals surface area contributed by atoms with Crippen molar-refractivity contribution < 1.29 is 28.6 Å². The van der Waals surface area contributed by atoms with Gasteiger partial charge in [0.1, 0.15) is 12.2 Å². The van der Waals surface area contributed by atoms with Crippen molar-refractivity contribution in [1.82, 2.24) is 5.32 Å². The Bertz CT molecular complexity index is 564. The highest BCUT2D eigenvalue weighted by Gasteiger charge is 2.34. The Balaban J connectivity index is 2.67. The third kappa shape index (κ3) is 7.13. The van der Waals surface area contributed by atoms with E-state index in [0.29, 0.717) is 0 Å². The minimum absolute atomic E-state index is 0.0105. The fourth-order valence-corrected chi connectivity index (χ4v) is 1.68. The van der Waals surface area contributed by atoms with Crippen LogP contribution in [-0.2, 0) is 30.4 Å². The van der Waals surface area contributed by atoms with E-state index in [0.717, 1.165) is 5.56 Å². The lowest BCUT2D eigenvalue weighted by Gasteiger charge is -2.23. The lowest BCUT2D eigenvalue weighted by atomic mass is 10.2. The average Bonchev–Trinajstić information content (AvgIpc) is 2.50. The van der Waals surface area contributed by atoms with Crippen LogP contribution >= 0.6 is 0 Å². The number of hydrogen-bond donors (Lipinski definition) is 1. The first kappa shape index (κ1) is 19.5. The zero-order valence-corrected chi connectivity index (χ0v) is 14.3. The molecule has 0 fully saturated rings. The second-order valence-corrected chi connectivity index (χ2v) is 5.92. The molecule has 0 spiro atoms. The Kier molecular flexibility index (Phi) is 7.23. The van der Waals surface area contributed by atoms with Crippen molar-refractivity contribution in [2.75, 3.05) is 6.61 Å². The molecule has 7 nitrogen and oxygen atoms in total. The van der Waals surface area contributed by atoms with Crippen LogP contribution in [0.15, 0.2) is 30.3 Å². The second kappa shape index (κ2) is 8.90. The standard InChI is InChI=1S/C17H23NO6/c1-5-22-14(19)13(15(20)24-17(2,3)4)18-16(21)23-11-12-9-7-6-8-10-12/h6-10,13H,5,11H2,1-4H3,(H,18,21). The Hall–Kier alpha value is -2.57. The van der Waals surface area contributed by atoms with Crippen molar-refractivity contribution in [2.24, 2.45) is 0 Å². The van der Waals surface area contributed by atoms with Gasteiger partial charge in [-0.2, -0.15) is 0 Å². The van der Waals surface area contributed by atoms with E-state index in [4.69, 9.17) is 14.2 Å². The largest absolute Gasteiger partial charge is 0.464 e. The number of rotatable bonds is 6. The van der Waals surface area contributed by atoms with E-state index >= 15 is 0 Å². The lowest BCUT2D eigenvalue weighted by Crippen LogP contribution is -2.50. The zero-order valence-electron chi connectivity index (χ0n) is 14.3. The lowest BCUT2D eigenvalue weighted by molar-refractivity contribution is -0.165. The molecule has 24 heavy (non-hydrogen) atoms. The van der Waals surface area contributed by atoms with Gasteiger partial charge in [0.25, 0.3) is 0 Å². The number of ether oxygens (including phenoxy) is 3. The number of alkyl carbamates (subject to hydrolysis) is 1. The maximum absolute atomic E-state index is 12.1. The zero-order chi connectivity index (χ0) is 18.2. The van der Waals surface area contributed by atoms with Gasteiger partial charge in [-0.25, -0.2) is 14.4 Å². The Morgan fingerprint density at radius 1 is 1.04 bits per heavy atom. The van der Waals surface area contributed by atoms with E-state index in [2.05, 4.69) is 5.32 Å². The van der Waals surface area contributed by atoms with E-state index in [9.17, 15) is 14.4 Å². The topological polar surface area (TPSA) is 90.9 Å². The number of nitrogens with one attached hydrogen (secondary N) is 1. The van der Waals surface area contributed by atoms with E-state index in [1.54, 1.807) is 52.0 Å². The van der Waals surface area contributed by atoms with Crippen molar-refractivity contribution in [1.29, 1.82) is 0 Å². The average molecular weight is 337 g/mol. The molecule has 1 aromatic rings. The minimum Gasteiger partial charge on any atom is -0.464 e. The van der Waals surface area contributed by atoms with Crippen molar-refractivity contribution in [3.8, 4) is 0 Å². The van der Waals surface area contributed by atoms with Crippen molar-refractivity contribution in [3.63, 3.8) is 0 Å². The van der Waals surface area contributed by atoms with Crippen LogP contribution in [0, 0.1) is 0 Å². The first-order valence-corrected chi connectivity index (χ1v) is 7.59. The van der Waals surface area contributed by atoms with Gasteiger partial charge in [0.15, 0.2) is 0 Å². The SMILES string of the molecule is CCOC(=O)C(NC(=O)OCc1ccccc1)C(=O)OC(C)(C)C. The number of amides is 1. The fourth-order valence-electron chi connectivity index (χ4n) is 1.68. The van der Waals surface area contributed by atoms with E-state index in [-0.39, 0.29) is 13.2 Å². The first-order valence-electron chi connectivity index (χ1n) is 7.59. The highest BCUT2D eigenvalue weighted by molar-refractivity contribution is 6.01. The summed E-state index contributed by atoms with van der Waals surface area (Å²) in [7, 11) is 0. The van der Waals surface area contributed by atoms with Gasteiger partial charge in [-0.15, -0.1) is 0 Å². The molecular formula is C17H23NO6. The summed E-state index contributed by atoms with van der Waals surface area (Å²) in [5.41, 5.74) is -0.0325. The van der Waals surface area contributed by atoms with Gasteiger partial charge in [0.05, 0.1) is 6.61 Å². The monoisotopic (exact) mass is 337 g/mol. The third-order valence-electron chi connectivity index (χ3n) is 2.64. The van der Waals surface area contributed by atoms with E-state index in [1.807, 2.05) is 6.07 Å². The molecule has 0 aromatic heterocycles. The Labute approximate surface area is 141 Å². The molecular weight excluding hydrogens is 314 g/mol. The summed E-state index contributed by atoms with van der Waals surface area (Å²) in [6.45, 7) is 6.63. The minimum atomic E-state index is -1.58. The number of benzene rings is 1. The van der Waals surface area contributed by atoms with Gasteiger partial charge < -0.3 is 14.2 Å². The molecule has 1 rings (SSSR count). The Morgan fingerprint density at radius 2 is 1.67 bits per heavy atom. The molecule has 0 saturated heterocycles. The van der Waals surface area contributed by atoms with Gasteiger partial charge in [0.2, 0.25) is 6.04 Å². The molecule has 1 atom stereocenters. The van der Waals surface area contributed by atoms with Crippen LogP contribution in [0.1, 0.15) is 33.3 Å². The van der Waals surface area contributed by atoms with E-state index in [1.165, 1.54) is 0 Å². The van der Waals surface area contributed by atoms with Crippen molar-refractivity contribution in [3.05, 3.63) is 35.9 Å². The van der Waals surface area contributed by atoms with Gasteiger partial charge in [-0.1, -0.05) is 30.3 Å². The molecule has 1 unspecified atom stereocenters. The summed E-state index contributed by atoms with van der Waals surface area (Å²) in [5.74, 6) is -1.80. The summed E-state index contributed by atoms with van der Waals surface area (Å²) < 4.78 is 14.9. The molecule has 7 heteroatoms. The van der Waals surface area contributed by atoms with Gasteiger partial charge in [0, 0.05) is 0 Å². The smallest absolute Gasteiger partial charge is 0.408 e. The number of esters is 2. The highest BCUT2D eigenvalue weighted by atomic mass is 16.6. The predicted molar refractivity (Wildman–Crippen MR) is 86.0 cm³/mol. The molecule has 0 aliphatic rings. The van der Waals surface area contributed by atoms with Crippen LogP contribution in [0.3, 0.4) is 0 Å². The molecule has 132 valence electrons. The maximum Gasteiger partial charge on any atom is 0.408 e. The van der Waals surface area contributed by atoms with Crippen LogP contribution < -0.4 is 5.32 Å². The molecule has 1 N–H and O–H groups in total. The quantitative estimate of drug-likeness (QED) is 0.486. The second-order valence-electron chi connectivity index (χ2n) is 5.92. The fraction of sp³-hybridized carbons (Fsp3) is 0.471.